The Morgan fingerprint density at radius 2 is 2.06 bits per heavy atom. The first-order valence-electron chi connectivity index (χ1n) is 9.22. The quantitative estimate of drug-likeness (QED) is 0.378. The summed E-state index contributed by atoms with van der Waals surface area (Å²) in [5.74, 6) is 0.621. The number of aryl methyl sites for hydroxylation is 1. The summed E-state index contributed by atoms with van der Waals surface area (Å²) in [6, 6.07) is 13.5. The number of ether oxygens (including phenoxy) is 1. The van der Waals surface area contributed by atoms with Gasteiger partial charge >= 0.3 is 0 Å². The van der Waals surface area contributed by atoms with Crippen LogP contribution in [0.5, 0.6) is 5.75 Å². The highest BCUT2D eigenvalue weighted by atomic mass is 35.5. The van der Waals surface area contributed by atoms with Crippen LogP contribution in [0, 0.1) is 6.92 Å². The number of hydrogen-bond donors (Lipinski definition) is 1. The SMILES string of the molecule is COc1ccc(-c2csc(NC(=O)CSc3nncn3-c3ccc(C)cc3)n2)cc1Cl. The molecule has 0 unspecified atom stereocenters. The van der Waals surface area contributed by atoms with Crippen molar-refractivity contribution in [2.75, 3.05) is 18.2 Å². The molecule has 0 aliphatic carbocycles. The van der Waals surface area contributed by atoms with Gasteiger partial charge in [-0.15, -0.1) is 21.5 Å². The second-order valence-corrected chi connectivity index (χ2v) is 8.75. The summed E-state index contributed by atoms with van der Waals surface area (Å²) >= 11 is 8.86. The third-order valence-corrected chi connectivity index (χ3v) is 6.36. The van der Waals surface area contributed by atoms with Crippen molar-refractivity contribution in [1.29, 1.82) is 0 Å². The predicted octanol–water partition coefficient (Wildman–Crippen LogP) is 5.09. The van der Waals surface area contributed by atoms with Crippen LogP contribution in [0.1, 0.15) is 5.56 Å². The van der Waals surface area contributed by atoms with Crippen molar-refractivity contribution >= 4 is 45.7 Å². The molecular weight excluding hydrogens is 454 g/mol. The zero-order chi connectivity index (χ0) is 21.8. The standard InChI is InChI=1S/C21H18ClN5O2S2/c1-13-3-6-15(7-4-13)27-12-23-26-21(27)31-11-19(28)25-20-24-17(10-30-20)14-5-8-18(29-2)16(22)9-14/h3-10,12H,11H2,1-2H3,(H,24,25,28). The molecule has 4 aromatic rings. The Balaban J connectivity index is 1.38. The van der Waals surface area contributed by atoms with Gasteiger partial charge in [0.05, 0.1) is 23.6 Å². The van der Waals surface area contributed by atoms with Gasteiger partial charge in [-0.1, -0.05) is 41.1 Å². The summed E-state index contributed by atoms with van der Waals surface area (Å²) in [6.07, 6.45) is 1.64. The second-order valence-electron chi connectivity index (χ2n) is 6.54. The minimum Gasteiger partial charge on any atom is -0.495 e. The Hall–Kier alpha value is -2.88. The van der Waals surface area contributed by atoms with Gasteiger partial charge in [-0.05, 0) is 37.3 Å². The van der Waals surface area contributed by atoms with Crippen molar-refractivity contribution in [3.8, 4) is 22.7 Å². The summed E-state index contributed by atoms with van der Waals surface area (Å²) in [5, 5.41) is 14.5. The lowest BCUT2D eigenvalue weighted by atomic mass is 10.2. The average molecular weight is 472 g/mol. The fourth-order valence-electron chi connectivity index (χ4n) is 2.78. The molecule has 2 aromatic heterocycles. The monoisotopic (exact) mass is 471 g/mol. The molecule has 31 heavy (non-hydrogen) atoms. The third kappa shape index (κ3) is 5.07. The molecule has 0 radical (unpaired) electrons. The molecule has 0 spiro atoms. The van der Waals surface area contributed by atoms with Crippen LogP contribution in [-0.2, 0) is 4.79 Å². The van der Waals surface area contributed by atoms with Gasteiger partial charge in [0.1, 0.15) is 12.1 Å². The maximum atomic E-state index is 12.4. The van der Waals surface area contributed by atoms with E-state index in [2.05, 4.69) is 20.5 Å². The van der Waals surface area contributed by atoms with E-state index in [-0.39, 0.29) is 11.7 Å². The number of amides is 1. The van der Waals surface area contributed by atoms with Crippen molar-refractivity contribution in [3.63, 3.8) is 0 Å². The van der Waals surface area contributed by atoms with Crippen LogP contribution in [-0.4, -0.2) is 38.5 Å². The molecule has 0 aliphatic heterocycles. The Morgan fingerprint density at radius 3 is 2.81 bits per heavy atom. The van der Waals surface area contributed by atoms with Crippen LogP contribution < -0.4 is 10.1 Å². The van der Waals surface area contributed by atoms with Crippen LogP contribution in [0.3, 0.4) is 0 Å². The predicted molar refractivity (Wildman–Crippen MR) is 125 cm³/mol. The van der Waals surface area contributed by atoms with Gasteiger partial charge in [0.25, 0.3) is 0 Å². The zero-order valence-corrected chi connectivity index (χ0v) is 19.1. The van der Waals surface area contributed by atoms with Gasteiger partial charge in [-0.3, -0.25) is 9.36 Å². The summed E-state index contributed by atoms with van der Waals surface area (Å²) in [6.45, 7) is 2.03. The Bertz CT molecular complexity index is 1210. The molecule has 0 bridgehead atoms. The van der Waals surface area contributed by atoms with E-state index >= 15 is 0 Å². The van der Waals surface area contributed by atoms with Gasteiger partial charge < -0.3 is 10.1 Å². The fourth-order valence-corrected chi connectivity index (χ4v) is 4.50. The summed E-state index contributed by atoms with van der Waals surface area (Å²) in [5.41, 5.74) is 3.70. The number of rotatable bonds is 7. The average Bonchev–Trinajstić information content (AvgIpc) is 3.42. The number of benzene rings is 2. The van der Waals surface area contributed by atoms with Crippen molar-refractivity contribution in [2.24, 2.45) is 0 Å². The van der Waals surface area contributed by atoms with Gasteiger partial charge in [0.2, 0.25) is 5.91 Å². The molecule has 7 nitrogen and oxygen atoms in total. The first-order chi connectivity index (χ1) is 15.0. The largest absolute Gasteiger partial charge is 0.495 e. The molecule has 2 heterocycles. The Morgan fingerprint density at radius 1 is 1.26 bits per heavy atom. The summed E-state index contributed by atoms with van der Waals surface area (Å²) < 4.78 is 7.03. The van der Waals surface area contributed by atoms with Gasteiger partial charge in [0, 0.05) is 16.6 Å². The van der Waals surface area contributed by atoms with Crippen molar-refractivity contribution in [1.82, 2.24) is 19.7 Å². The molecule has 1 N–H and O–H groups in total. The molecule has 4 rings (SSSR count). The van der Waals surface area contributed by atoms with E-state index in [1.54, 1.807) is 25.6 Å². The lowest BCUT2D eigenvalue weighted by Gasteiger charge is -2.06. The van der Waals surface area contributed by atoms with E-state index in [0.717, 1.165) is 16.9 Å². The van der Waals surface area contributed by atoms with Gasteiger partial charge in [-0.2, -0.15) is 0 Å². The fraction of sp³-hybridized carbons (Fsp3) is 0.143. The topological polar surface area (TPSA) is 81.9 Å². The number of carbonyl (C=O) groups excluding carboxylic acids is 1. The van der Waals surface area contributed by atoms with E-state index in [1.807, 2.05) is 47.2 Å². The number of methoxy groups -OCH3 is 1. The summed E-state index contributed by atoms with van der Waals surface area (Å²) in [4.78, 5) is 16.9. The molecule has 0 saturated heterocycles. The minimum absolute atomic E-state index is 0.169. The normalized spacial score (nSPS) is 10.8. The zero-order valence-electron chi connectivity index (χ0n) is 16.7. The second kappa shape index (κ2) is 9.51. The van der Waals surface area contributed by atoms with E-state index < -0.39 is 0 Å². The number of nitrogens with zero attached hydrogens (tertiary/aromatic N) is 4. The molecule has 1 amide bonds. The maximum absolute atomic E-state index is 12.4. The van der Waals surface area contributed by atoms with Crippen molar-refractivity contribution in [2.45, 2.75) is 12.1 Å². The highest BCUT2D eigenvalue weighted by Gasteiger charge is 2.13. The lowest BCUT2D eigenvalue weighted by Crippen LogP contribution is -2.14. The third-order valence-electron chi connectivity index (χ3n) is 4.36. The molecule has 10 heteroatoms. The van der Waals surface area contributed by atoms with Crippen LogP contribution in [0.25, 0.3) is 16.9 Å². The number of halogens is 1. The van der Waals surface area contributed by atoms with Crippen LogP contribution >= 0.6 is 34.7 Å². The van der Waals surface area contributed by atoms with Crippen LogP contribution in [0.2, 0.25) is 5.02 Å². The Kier molecular flexibility index (Phi) is 6.55. The number of thiazole rings is 1. The molecule has 0 saturated carbocycles. The highest BCUT2D eigenvalue weighted by molar-refractivity contribution is 7.99. The van der Waals surface area contributed by atoms with Crippen LogP contribution in [0.4, 0.5) is 5.13 Å². The first kappa shape index (κ1) is 21.4. The molecule has 158 valence electrons. The van der Waals surface area contributed by atoms with Crippen molar-refractivity contribution in [3.05, 3.63) is 64.8 Å². The highest BCUT2D eigenvalue weighted by Crippen LogP contribution is 2.32. The minimum atomic E-state index is -0.169. The summed E-state index contributed by atoms with van der Waals surface area (Å²) in [7, 11) is 1.57. The van der Waals surface area contributed by atoms with E-state index in [0.29, 0.717) is 21.1 Å². The maximum Gasteiger partial charge on any atom is 0.236 e. The number of nitrogens with one attached hydrogen (secondary N) is 1. The lowest BCUT2D eigenvalue weighted by molar-refractivity contribution is -0.113. The van der Waals surface area contributed by atoms with Crippen LogP contribution in [0.15, 0.2) is 59.3 Å². The van der Waals surface area contributed by atoms with E-state index in [1.165, 1.54) is 28.7 Å². The van der Waals surface area contributed by atoms with E-state index in [9.17, 15) is 4.79 Å². The number of thioether (sulfide) groups is 1. The van der Waals surface area contributed by atoms with Gasteiger partial charge in [-0.25, -0.2) is 4.98 Å². The molecule has 0 aliphatic rings. The van der Waals surface area contributed by atoms with Gasteiger partial charge in [0.15, 0.2) is 10.3 Å². The smallest absolute Gasteiger partial charge is 0.236 e. The number of hydrogen-bond acceptors (Lipinski definition) is 7. The van der Waals surface area contributed by atoms with E-state index in [4.69, 9.17) is 16.3 Å². The number of anilines is 1. The number of carbonyl (C=O) groups is 1. The molecule has 2 aromatic carbocycles. The molecule has 0 atom stereocenters. The van der Waals surface area contributed by atoms with Crippen molar-refractivity contribution < 1.29 is 9.53 Å². The molecule has 0 fully saturated rings. The first-order valence-corrected chi connectivity index (χ1v) is 11.5. The Labute approximate surface area is 192 Å². The molecular formula is C21H18ClN5O2S2. The number of aromatic nitrogens is 4.